The topological polar surface area (TPSA) is 136 Å². The molecule has 0 aliphatic rings. The molecule has 0 saturated carbocycles. The van der Waals surface area contributed by atoms with E-state index in [4.69, 9.17) is 9.47 Å². The highest BCUT2D eigenvalue weighted by Crippen LogP contribution is 2.21. The minimum Gasteiger partial charge on any atom is -0.460 e. The molecule has 1 amide bonds. The third kappa shape index (κ3) is 10.4. The lowest BCUT2D eigenvalue weighted by Gasteiger charge is -2.20. The summed E-state index contributed by atoms with van der Waals surface area (Å²) in [6, 6.07) is 5.37. The maximum atomic E-state index is 12.3. The number of nitrogens with one attached hydrogen (secondary N) is 1. The number of methoxy groups -OCH3 is 1. The Hall–Kier alpha value is -2.37. The molecule has 0 fully saturated rings. The Morgan fingerprint density at radius 2 is 1.80 bits per heavy atom. The van der Waals surface area contributed by atoms with Crippen molar-refractivity contribution in [2.45, 2.75) is 64.1 Å². The average molecular weight is 452 g/mol. The second kappa shape index (κ2) is 13.8. The molecule has 1 aromatic rings. The number of rotatable bonds is 11. The largest absolute Gasteiger partial charge is 0.460 e. The highest BCUT2D eigenvalue weighted by molar-refractivity contribution is 7.86. The maximum Gasteiger partial charge on any atom is 0.335 e. The Labute approximate surface area is 176 Å². The number of para-hydroxylation sites is 1. The second-order valence-electron chi connectivity index (χ2n) is 6.25. The van der Waals surface area contributed by atoms with Crippen LogP contribution in [0.25, 0.3) is 0 Å². The van der Waals surface area contributed by atoms with Gasteiger partial charge in [0, 0.05) is 13.5 Å². The Morgan fingerprint density at radius 1 is 1.20 bits per heavy atom. The number of benzene rings is 1. The number of ether oxygens (including phenoxy) is 2. The van der Waals surface area contributed by atoms with E-state index < -0.39 is 39.1 Å². The third-order valence-electron chi connectivity index (χ3n) is 3.88. The van der Waals surface area contributed by atoms with Crippen LogP contribution in [-0.2, 0) is 34.0 Å². The smallest absolute Gasteiger partial charge is 0.335 e. The maximum absolute atomic E-state index is 12.3. The van der Waals surface area contributed by atoms with Gasteiger partial charge in [-0.3, -0.25) is 14.1 Å². The Balaban J connectivity index is 0. The zero-order chi connectivity index (χ0) is 21.3. The number of Topliss-reactive ketones (excluding diaryl/α,β-unsaturated/α-hetero) is 1. The van der Waals surface area contributed by atoms with Crippen LogP contribution in [0.3, 0.4) is 0 Å². The van der Waals surface area contributed by atoms with E-state index in [0.717, 1.165) is 6.07 Å². The Morgan fingerprint density at radius 3 is 2.33 bits per heavy atom. The van der Waals surface area contributed by atoms with Crippen LogP contribution in [0, 0.1) is 0 Å². The van der Waals surface area contributed by atoms with Crippen LogP contribution in [0.5, 0.6) is 0 Å². The molecule has 0 saturated heterocycles. The minimum absolute atomic E-state index is 0. The monoisotopic (exact) mass is 451 g/mol. The fourth-order valence-corrected chi connectivity index (χ4v) is 2.99. The number of ketones is 1. The predicted molar refractivity (Wildman–Crippen MR) is 110 cm³/mol. The normalized spacial score (nSPS) is 12.5. The summed E-state index contributed by atoms with van der Waals surface area (Å²) in [5, 5.41) is 2.40. The van der Waals surface area contributed by atoms with Gasteiger partial charge in [-0.2, -0.15) is 8.42 Å². The number of carbonyl (C=O) groups excluding carboxylic acids is 3. The molecule has 172 valence electrons. The van der Waals surface area contributed by atoms with Crippen LogP contribution < -0.4 is 5.32 Å². The summed E-state index contributed by atoms with van der Waals surface area (Å²) >= 11 is 0. The quantitative estimate of drug-likeness (QED) is 0.387. The van der Waals surface area contributed by atoms with Crippen LogP contribution in [0.15, 0.2) is 29.2 Å². The Kier molecular flexibility index (Phi) is 13.7. The van der Waals surface area contributed by atoms with Crippen LogP contribution in [0.4, 0.5) is 10.4 Å². The lowest BCUT2D eigenvalue weighted by atomic mass is 10.1. The first kappa shape index (κ1) is 29.8. The molecular formula is C19H30FNO8S. The molecule has 0 aliphatic carbocycles. The van der Waals surface area contributed by atoms with Crippen molar-refractivity contribution in [3.63, 3.8) is 0 Å². The van der Waals surface area contributed by atoms with Gasteiger partial charge in [-0.05, 0) is 38.8 Å². The fraction of sp³-hybridized carbons (Fsp3) is 0.526. The number of amides is 1. The van der Waals surface area contributed by atoms with Gasteiger partial charge in [0.05, 0.1) is 12.1 Å². The summed E-state index contributed by atoms with van der Waals surface area (Å²) in [6.45, 7) is 2.93. The van der Waals surface area contributed by atoms with Crippen molar-refractivity contribution in [1.82, 2.24) is 0 Å². The number of anilines is 1. The zero-order valence-corrected chi connectivity index (χ0v) is 17.2. The van der Waals surface area contributed by atoms with Gasteiger partial charge < -0.3 is 19.6 Å². The van der Waals surface area contributed by atoms with Crippen LogP contribution in [0.1, 0.15) is 47.0 Å². The van der Waals surface area contributed by atoms with E-state index in [1.165, 1.54) is 39.2 Å². The lowest BCUT2D eigenvalue weighted by molar-refractivity contribution is -0.160. The van der Waals surface area contributed by atoms with E-state index in [0.29, 0.717) is 6.42 Å². The van der Waals surface area contributed by atoms with Crippen molar-refractivity contribution in [1.29, 1.82) is 0 Å². The zero-order valence-electron chi connectivity index (χ0n) is 16.4. The molecular weight excluding hydrogens is 421 g/mol. The van der Waals surface area contributed by atoms with Crippen molar-refractivity contribution < 1.29 is 41.5 Å². The molecule has 30 heavy (non-hydrogen) atoms. The first-order chi connectivity index (χ1) is 13.0. The molecule has 9 nitrogen and oxygen atoms in total. The van der Waals surface area contributed by atoms with Gasteiger partial charge in [0.2, 0.25) is 5.91 Å². The molecule has 0 spiro atoms. The number of esters is 1. The summed E-state index contributed by atoms with van der Waals surface area (Å²) in [5.74, 6) is -1.29. The highest BCUT2D eigenvalue weighted by Gasteiger charge is 2.23. The summed E-state index contributed by atoms with van der Waals surface area (Å²) in [7, 11) is -3.18. The van der Waals surface area contributed by atoms with Crippen LogP contribution >= 0.6 is 0 Å². The number of hydrogen-bond donors (Lipinski definition) is 2. The molecule has 2 unspecified atom stereocenters. The second-order valence-corrected chi connectivity index (χ2v) is 7.64. The number of hydrogen-bond acceptors (Lipinski definition) is 7. The highest BCUT2D eigenvalue weighted by atomic mass is 32.2. The van der Waals surface area contributed by atoms with Crippen molar-refractivity contribution in [3.8, 4) is 0 Å². The molecule has 0 aromatic heterocycles. The third-order valence-corrected chi connectivity index (χ3v) is 4.79. The molecule has 1 aromatic carbocycles. The molecule has 11 heteroatoms. The summed E-state index contributed by atoms with van der Waals surface area (Å²) in [5.41, 5.74) is -0.0888. The van der Waals surface area contributed by atoms with E-state index in [1.54, 1.807) is 0 Å². The molecule has 0 radical (unpaired) electrons. The van der Waals surface area contributed by atoms with Crippen molar-refractivity contribution in [2.75, 3.05) is 12.4 Å². The van der Waals surface area contributed by atoms with E-state index in [2.05, 4.69) is 5.32 Å². The van der Waals surface area contributed by atoms with Gasteiger partial charge in [-0.15, -0.1) is 0 Å². The lowest BCUT2D eigenvalue weighted by Crippen LogP contribution is -2.30. The number of halogens is 1. The first-order valence-corrected chi connectivity index (χ1v) is 10.1. The average Bonchev–Trinajstić information content (AvgIpc) is 2.59. The van der Waals surface area contributed by atoms with Gasteiger partial charge in [0.25, 0.3) is 10.1 Å². The summed E-state index contributed by atoms with van der Waals surface area (Å²) in [6.07, 6.45) is -0.916. The van der Waals surface area contributed by atoms with Crippen LogP contribution in [0.2, 0.25) is 0 Å². The molecule has 2 N–H and O–H groups in total. The summed E-state index contributed by atoms with van der Waals surface area (Å²) < 4.78 is 42.2. The number of carbonyl (C=O) groups is 3. The molecule has 0 heterocycles. The van der Waals surface area contributed by atoms with Gasteiger partial charge in [0.1, 0.15) is 16.8 Å². The van der Waals surface area contributed by atoms with Crippen molar-refractivity contribution in [3.05, 3.63) is 24.3 Å². The van der Waals surface area contributed by atoms with E-state index >= 15 is 0 Å². The van der Waals surface area contributed by atoms with Gasteiger partial charge in [-0.1, -0.05) is 19.6 Å². The van der Waals surface area contributed by atoms with Crippen molar-refractivity contribution >= 4 is 33.5 Å². The van der Waals surface area contributed by atoms with Crippen molar-refractivity contribution in [2.24, 2.45) is 0 Å². The van der Waals surface area contributed by atoms with E-state index in [9.17, 15) is 27.4 Å². The van der Waals surface area contributed by atoms with Gasteiger partial charge in [-0.25, -0.2) is 4.79 Å². The molecule has 2 atom stereocenters. The SMILES string of the molecule is C.COC(C)C(=O)OC(CCCC(C)=O)CC(=O)Nc1ccccc1S(=O)(=O)O.F. The van der Waals surface area contributed by atoms with E-state index in [1.807, 2.05) is 0 Å². The fourth-order valence-electron chi connectivity index (χ4n) is 2.34. The molecule has 0 bridgehead atoms. The van der Waals surface area contributed by atoms with E-state index in [-0.39, 0.29) is 42.9 Å². The minimum atomic E-state index is -4.52. The Bertz CT molecular complexity index is 813. The van der Waals surface area contributed by atoms with Crippen LogP contribution in [-0.4, -0.2) is 49.9 Å². The standard InChI is InChI=1S/C18H25NO8S.CH4.FH/c1-12(20)7-6-8-14(27-18(22)13(2)26-3)11-17(21)19-15-9-4-5-10-16(15)28(23,24)25;;/h4-5,9-10,13-14H,6-8,11H2,1-3H3,(H,19,21)(H,23,24,25);1H4;1H. The molecule has 1 rings (SSSR count). The first-order valence-electron chi connectivity index (χ1n) is 8.63. The predicted octanol–water partition coefficient (Wildman–Crippen LogP) is 2.76. The molecule has 0 aliphatic heterocycles. The van der Waals surface area contributed by atoms with Gasteiger partial charge >= 0.3 is 5.97 Å². The van der Waals surface area contributed by atoms with Gasteiger partial charge in [0.15, 0.2) is 6.10 Å². The summed E-state index contributed by atoms with van der Waals surface area (Å²) in [4.78, 5) is 35.0.